The molecule has 0 atom stereocenters. The Bertz CT molecular complexity index is 919. The van der Waals surface area contributed by atoms with Crippen molar-refractivity contribution in [1.29, 1.82) is 0 Å². The number of sulfonamides is 1. The number of hydrogen-bond donors (Lipinski definition) is 1. The molecular weight excluding hydrogens is 398 g/mol. The second-order valence-corrected chi connectivity index (χ2v) is 9.28. The van der Waals surface area contributed by atoms with Gasteiger partial charge in [-0.05, 0) is 30.0 Å². The van der Waals surface area contributed by atoms with Gasteiger partial charge >= 0.3 is 0 Å². The number of hydrogen-bond acceptors (Lipinski definition) is 6. The molecule has 0 radical (unpaired) electrons. The van der Waals surface area contributed by atoms with E-state index in [4.69, 9.17) is 4.74 Å². The number of thiophene rings is 1. The van der Waals surface area contributed by atoms with Crippen LogP contribution >= 0.6 is 11.3 Å². The summed E-state index contributed by atoms with van der Waals surface area (Å²) in [6.07, 6.45) is 0.797. The first-order valence-electron chi connectivity index (χ1n) is 9.22. The van der Waals surface area contributed by atoms with Gasteiger partial charge < -0.3 is 15.0 Å². The van der Waals surface area contributed by atoms with Crippen LogP contribution in [0.3, 0.4) is 0 Å². The van der Waals surface area contributed by atoms with Crippen molar-refractivity contribution in [3.63, 3.8) is 0 Å². The lowest BCUT2D eigenvalue weighted by atomic mass is 10.2. The number of anilines is 1. The van der Waals surface area contributed by atoms with Crippen molar-refractivity contribution in [2.45, 2.75) is 18.2 Å². The number of carbonyl (C=O) groups is 1. The zero-order valence-electron chi connectivity index (χ0n) is 16.1. The Labute approximate surface area is 170 Å². The first-order chi connectivity index (χ1) is 13.5. The fraction of sp³-hybridized carbons (Fsp3) is 0.421. The third-order valence-corrected chi connectivity index (χ3v) is 7.63. The number of amides is 1. The van der Waals surface area contributed by atoms with Crippen LogP contribution in [-0.2, 0) is 10.0 Å². The number of nitrogens with zero attached hydrogens (tertiary/aromatic N) is 2. The van der Waals surface area contributed by atoms with Crippen LogP contribution in [0, 0.1) is 0 Å². The molecule has 0 saturated carbocycles. The smallest absolute Gasteiger partial charge is 0.262 e. The minimum Gasteiger partial charge on any atom is -0.497 e. The molecule has 2 heterocycles. The van der Waals surface area contributed by atoms with E-state index in [0.717, 1.165) is 29.2 Å². The lowest BCUT2D eigenvalue weighted by Gasteiger charge is -2.35. The Kier molecular flexibility index (Phi) is 6.58. The normalized spacial score (nSPS) is 15.4. The van der Waals surface area contributed by atoms with E-state index in [1.807, 2.05) is 31.2 Å². The average Bonchev–Trinajstić information content (AvgIpc) is 3.23. The van der Waals surface area contributed by atoms with Crippen molar-refractivity contribution in [2.75, 3.05) is 44.7 Å². The van der Waals surface area contributed by atoms with Crippen LogP contribution in [0.2, 0.25) is 0 Å². The lowest BCUT2D eigenvalue weighted by molar-refractivity contribution is 0.0954. The second-order valence-electron chi connectivity index (χ2n) is 6.46. The third-order valence-electron chi connectivity index (χ3n) is 4.65. The number of nitrogens with one attached hydrogen (secondary N) is 1. The zero-order valence-corrected chi connectivity index (χ0v) is 17.7. The zero-order chi connectivity index (χ0) is 20.1. The summed E-state index contributed by atoms with van der Waals surface area (Å²) < 4.78 is 32.9. The van der Waals surface area contributed by atoms with Gasteiger partial charge in [-0.3, -0.25) is 4.79 Å². The third kappa shape index (κ3) is 4.31. The summed E-state index contributed by atoms with van der Waals surface area (Å²) in [4.78, 5) is 14.8. The molecule has 1 fully saturated rings. The van der Waals surface area contributed by atoms with E-state index in [2.05, 4.69) is 10.2 Å². The first-order valence-corrected chi connectivity index (χ1v) is 11.5. The van der Waals surface area contributed by atoms with Crippen LogP contribution in [0.5, 0.6) is 5.75 Å². The van der Waals surface area contributed by atoms with Crippen LogP contribution in [0.4, 0.5) is 5.69 Å². The van der Waals surface area contributed by atoms with Crippen molar-refractivity contribution in [3.05, 3.63) is 40.6 Å². The summed E-state index contributed by atoms with van der Waals surface area (Å²) >= 11 is 1.16. The molecule has 0 aliphatic carbocycles. The highest BCUT2D eigenvalue weighted by Gasteiger charge is 2.32. The molecule has 7 nitrogen and oxygen atoms in total. The molecule has 0 spiro atoms. The summed E-state index contributed by atoms with van der Waals surface area (Å²) in [7, 11) is -2.08. The van der Waals surface area contributed by atoms with E-state index in [1.54, 1.807) is 12.5 Å². The predicted molar refractivity (Wildman–Crippen MR) is 111 cm³/mol. The largest absolute Gasteiger partial charge is 0.497 e. The quantitative estimate of drug-likeness (QED) is 0.740. The van der Waals surface area contributed by atoms with Gasteiger partial charge in [0.25, 0.3) is 5.91 Å². The van der Waals surface area contributed by atoms with Crippen LogP contribution in [0.1, 0.15) is 23.0 Å². The molecule has 0 unspecified atom stereocenters. The Morgan fingerprint density at radius 1 is 1.21 bits per heavy atom. The van der Waals surface area contributed by atoms with Crippen molar-refractivity contribution in [1.82, 2.24) is 9.62 Å². The monoisotopic (exact) mass is 423 g/mol. The molecule has 1 aromatic carbocycles. The summed E-state index contributed by atoms with van der Waals surface area (Å²) in [5.41, 5.74) is 1.01. The maximum absolute atomic E-state index is 13.1. The van der Waals surface area contributed by atoms with E-state index in [1.165, 1.54) is 10.4 Å². The molecule has 1 aliphatic rings. The van der Waals surface area contributed by atoms with Crippen LogP contribution < -0.4 is 15.0 Å². The van der Waals surface area contributed by atoms with Crippen molar-refractivity contribution >= 4 is 33.0 Å². The van der Waals surface area contributed by atoms with Gasteiger partial charge in [0.05, 0.1) is 7.11 Å². The molecule has 28 heavy (non-hydrogen) atoms. The number of piperazine rings is 1. The van der Waals surface area contributed by atoms with Crippen molar-refractivity contribution in [2.24, 2.45) is 0 Å². The number of rotatable bonds is 7. The molecule has 1 amide bonds. The minimum absolute atomic E-state index is 0.0981. The van der Waals surface area contributed by atoms with Crippen molar-refractivity contribution < 1.29 is 17.9 Å². The molecule has 152 valence electrons. The number of benzene rings is 1. The molecule has 3 rings (SSSR count). The molecule has 1 saturated heterocycles. The maximum Gasteiger partial charge on any atom is 0.262 e. The topological polar surface area (TPSA) is 79.0 Å². The Morgan fingerprint density at radius 3 is 2.64 bits per heavy atom. The second kappa shape index (κ2) is 8.93. The molecule has 2 aromatic rings. The van der Waals surface area contributed by atoms with Gasteiger partial charge in [-0.1, -0.05) is 13.0 Å². The summed E-state index contributed by atoms with van der Waals surface area (Å²) in [6, 6.07) is 9.26. The SMILES string of the molecule is CCCNC(=O)c1sccc1S(=O)(=O)N1CCN(c2cccc(OC)c2)CC1. The molecule has 1 aromatic heterocycles. The molecule has 1 N–H and O–H groups in total. The van der Waals surface area contributed by atoms with Crippen LogP contribution in [-0.4, -0.2) is 58.5 Å². The van der Waals surface area contributed by atoms with Gasteiger partial charge in [0.2, 0.25) is 10.0 Å². The fourth-order valence-electron chi connectivity index (χ4n) is 3.12. The number of ether oxygens (including phenoxy) is 1. The summed E-state index contributed by atoms with van der Waals surface area (Å²) in [5, 5.41) is 4.41. The Hall–Kier alpha value is -2.10. The summed E-state index contributed by atoms with van der Waals surface area (Å²) in [6.45, 7) is 4.36. The highest BCUT2D eigenvalue weighted by Crippen LogP contribution is 2.28. The van der Waals surface area contributed by atoms with Crippen LogP contribution in [0.25, 0.3) is 0 Å². The lowest BCUT2D eigenvalue weighted by Crippen LogP contribution is -2.48. The predicted octanol–water partition coefficient (Wildman–Crippen LogP) is 2.41. The number of methoxy groups -OCH3 is 1. The van der Waals surface area contributed by atoms with Gasteiger partial charge in [-0.15, -0.1) is 11.3 Å². The van der Waals surface area contributed by atoms with E-state index in [9.17, 15) is 13.2 Å². The molecule has 1 aliphatic heterocycles. The van der Waals surface area contributed by atoms with Gasteiger partial charge in [0.1, 0.15) is 15.5 Å². The van der Waals surface area contributed by atoms with E-state index >= 15 is 0 Å². The van der Waals surface area contributed by atoms with Crippen LogP contribution in [0.15, 0.2) is 40.6 Å². The highest BCUT2D eigenvalue weighted by molar-refractivity contribution is 7.89. The van der Waals surface area contributed by atoms with Gasteiger partial charge in [-0.25, -0.2) is 8.42 Å². The Balaban J connectivity index is 1.72. The Morgan fingerprint density at radius 2 is 1.96 bits per heavy atom. The molecule has 0 bridgehead atoms. The molecular formula is C19H25N3O4S2. The van der Waals surface area contributed by atoms with Crippen molar-refractivity contribution in [3.8, 4) is 5.75 Å². The minimum atomic E-state index is -3.71. The van der Waals surface area contributed by atoms with E-state index in [-0.39, 0.29) is 15.7 Å². The first kappa shape index (κ1) is 20.6. The average molecular weight is 424 g/mol. The summed E-state index contributed by atoms with van der Waals surface area (Å²) in [5.74, 6) is 0.444. The molecule has 9 heteroatoms. The fourth-order valence-corrected chi connectivity index (χ4v) is 5.86. The highest BCUT2D eigenvalue weighted by atomic mass is 32.2. The maximum atomic E-state index is 13.1. The van der Waals surface area contributed by atoms with E-state index in [0.29, 0.717) is 32.7 Å². The standard InChI is InChI=1S/C19H25N3O4S2/c1-3-8-20-19(23)18-17(7-13-27-18)28(24,25)22-11-9-21(10-12-22)15-5-4-6-16(14-15)26-2/h4-7,13-14H,3,8-12H2,1-2H3,(H,20,23). The van der Waals surface area contributed by atoms with Gasteiger partial charge in [0.15, 0.2) is 0 Å². The van der Waals surface area contributed by atoms with Gasteiger partial charge in [-0.2, -0.15) is 4.31 Å². The van der Waals surface area contributed by atoms with E-state index < -0.39 is 10.0 Å². The number of carbonyl (C=O) groups excluding carboxylic acids is 1. The van der Waals surface area contributed by atoms with Gasteiger partial charge in [0, 0.05) is 44.5 Å².